The Morgan fingerprint density at radius 3 is 2.74 bits per heavy atom. The van der Waals surface area contributed by atoms with E-state index in [0.717, 1.165) is 0 Å². The van der Waals surface area contributed by atoms with Crippen LogP contribution in [0.25, 0.3) is 11.1 Å². The van der Waals surface area contributed by atoms with Gasteiger partial charge in [-0.05, 0) is 13.0 Å². The van der Waals surface area contributed by atoms with Crippen molar-refractivity contribution in [1.82, 2.24) is 4.98 Å². The maximum atomic E-state index is 11.8. The third kappa shape index (κ3) is 2.47. The number of carbonyl (C=O) groups is 1. The predicted molar refractivity (Wildman–Crippen MR) is 68.8 cm³/mol. The average molecular weight is 260 g/mol. The molecule has 0 spiro atoms. The minimum absolute atomic E-state index is 0.0485. The number of benzene rings is 1. The number of H-pyrrole nitrogens is 1. The summed E-state index contributed by atoms with van der Waals surface area (Å²) in [4.78, 5) is 25.1. The standard InChI is InChI=1S/C13H12N2O4/c1-2-19-13(16)11-8-14-7-10(11)9-5-3-4-6-12(9)15(17)18/h3-8,14H,2H2,1H3. The van der Waals surface area contributed by atoms with Crippen LogP contribution in [0.2, 0.25) is 0 Å². The molecule has 0 saturated carbocycles. The molecule has 0 aliphatic heterocycles. The number of rotatable bonds is 4. The number of ether oxygens (including phenoxy) is 1. The minimum Gasteiger partial charge on any atom is -0.462 e. The molecule has 1 N–H and O–H groups in total. The van der Waals surface area contributed by atoms with E-state index in [-0.39, 0.29) is 17.9 Å². The highest BCUT2D eigenvalue weighted by Crippen LogP contribution is 2.32. The number of nitro groups is 1. The predicted octanol–water partition coefficient (Wildman–Crippen LogP) is 2.77. The van der Waals surface area contributed by atoms with Crippen LogP contribution in [0.15, 0.2) is 36.7 Å². The summed E-state index contributed by atoms with van der Waals surface area (Å²) in [5, 5.41) is 11.0. The van der Waals surface area contributed by atoms with Gasteiger partial charge in [0.05, 0.1) is 22.7 Å². The van der Waals surface area contributed by atoms with Gasteiger partial charge in [0.25, 0.3) is 5.69 Å². The zero-order valence-corrected chi connectivity index (χ0v) is 10.3. The van der Waals surface area contributed by atoms with E-state index in [1.165, 1.54) is 12.3 Å². The molecule has 0 radical (unpaired) electrons. The molecule has 0 atom stereocenters. The molecular weight excluding hydrogens is 248 g/mol. The van der Waals surface area contributed by atoms with Crippen molar-refractivity contribution < 1.29 is 14.5 Å². The molecule has 0 bridgehead atoms. The number of aromatic amines is 1. The second kappa shape index (κ2) is 5.34. The molecule has 1 aromatic carbocycles. The number of carbonyl (C=O) groups excluding carboxylic acids is 1. The molecule has 0 amide bonds. The van der Waals surface area contributed by atoms with Crippen molar-refractivity contribution in [3.05, 3.63) is 52.3 Å². The lowest BCUT2D eigenvalue weighted by Gasteiger charge is -2.04. The highest BCUT2D eigenvalue weighted by molar-refractivity contribution is 5.98. The van der Waals surface area contributed by atoms with Crippen LogP contribution in [0.4, 0.5) is 5.69 Å². The molecule has 0 saturated heterocycles. The van der Waals surface area contributed by atoms with Crippen LogP contribution in [0.3, 0.4) is 0 Å². The van der Waals surface area contributed by atoms with Gasteiger partial charge >= 0.3 is 5.97 Å². The van der Waals surface area contributed by atoms with Crippen molar-refractivity contribution in [2.75, 3.05) is 6.61 Å². The Bertz CT molecular complexity index is 619. The van der Waals surface area contributed by atoms with Crippen molar-refractivity contribution in [3.63, 3.8) is 0 Å². The van der Waals surface area contributed by atoms with E-state index in [9.17, 15) is 14.9 Å². The van der Waals surface area contributed by atoms with Gasteiger partial charge in [-0.1, -0.05) is 12.1 Å². The van der Waals surface area contributed by atoms with E-state index in [0.29, 0.717) is 11.1 Å². The zero-order valence-electron chi connectivity index (χ0n) is 10.3. The van der Waals surface area contributed by atoms with Crippen molar-refractivity contribution in [2.24, 2.45) is 0 Å². The highest BCUT2D eigenvalue weighted by atomic mass is 16.6. The van der Waals surface area contributed by atoms with Crippen LogP contribution in [0, 0.1) is 10.1 Å². The van der Waals surface area contributed by atoms with Gasteiger partial charge in [-0.3, -0.25) is 10.1 Å². The fourth-order valence-electron chi connectivity index (χ4n) is 1.83. The van der Waals surface area contributed by atoms with Gasteiger partial charge in [0, 0.05) is 24.0 Å². The lowest BCUT2D eigenvalue weighted by Crippen LogP contribution is -2.05. The zero-order chi connectivity index (χ0) is 13.8. The fraction of sp³-hybridized carbons (Fsp3) is 0.154. The highest BCUT2D eigenvalue weighted by Gasteiger charge is 2.21. The van der Waals surface area contributed by atoms with Gasteiger partial charge in [-0.25, -0.2) is 4.79 Å². The molecule has 0 aliphatic rings. The number of nitrogens with one attached hydrogen (secondary N) is 1. The molecule has 6 nitrogen and oxygen atoms in total. The molecule has 98 valence electrons. The SMILES string of the molecule is CCOC(=O)c1c[nH]cc1-c1ccccc1[N+](=O)[O-]. The topological polar surface area (TPSA) is 85.2 Å². The number of aromatic nitrogens is 1. The van der Waals surface area contributed by atoms with E-state index in [1.807, 2.05) is 0 Å². The largest absolute Gasteiger partial charge is 0.462 e. The van der Waals surface area contributed by atoms with Crippen LogP contribution < -0.4 is 0 Å². The van der Waals surface area contributed by atoms with Gasteiger partial charge in [0.15, 0.2) is 0 Å². The molecule has 0 unspecified atom stereocenters. The Morgan fingerprint density at radius 1 is 1.32 bits per heavy atom. The van der Waals surface area contributed by atoms with Gasteiger partial charge in [-0.2, -0.15) is 0 Å². The summed E-state index contributed by atoms with van der Waals surface area (Å²) in [6.45, 7) is 1.95. The first-order valence-electron chi connectivity index (χ1n) is 5.72. The number of nitrogens with zero attached hydrogens (tertiary/aromatic N) is 1. The van der Waals surface area contributed by atoms with E-state index in [4.69, 9.17) is 4.74 Å². The van der Waals surface area contributed by atoms with Gasteiger partial charge in [0.1, 0.15) is 0 Å². The summed E-state index contributed by atoms with van der Waals surface area (Å²) >= 11 is 0. The third-order valence-electron chi connectivity index (χ3n) is 2.63. The summed E-state index contributed by atoms with van der Waals surface area (Å²) in [6.07, 6.45) is 3.03. The second-order valence-electron chi connectivity index (χ2n) is 3.78. The summed E-state index contributed by atoms with van der Waals surface area (Å²) in [6, 6.07) is 6.27. The lowest BCUT2D eigenvalue weighted by molar-refractivity contribution is -0.384. The summed E-state index contributed by atoms with van der Waals surface area (Å²) in [5.74, 6) is -0.503. The monoisotopic (exact) mass is 260 g/mol. The van der Waals surface area contributed by atoms with Crippen molar-refractivity contribution in [1.29, 1.82) is 0 Å². The van der Waals surface area contributed by atoms with Crippen LogP contribution in [0.1, 0.15) is 17.3 Å². The minimum atomic E-state index is -0.503. The Hall–Kier alpha value is -2.63. The van der Waals surface area contributed by atoms with Crippen molar-refractivity contribution >= 4 is 11.7 Å². The maximum absolute atomic E-state index is 11.8. The summed E-state index contributed by atoms with van der Waals surface area (Å²) in [5.41, 5.74) is 1.09. The third-order valence-corrected chi connectivity index (χ3v) is 2.63. The first-order chi connectivity index (χ1) is 9.15. The smallest absolute Gasteiger partial charge is 0.340 e. The molecular formula is C13H12N2O4. The molecule has 19 heavy (non-hydrogen) atoms. The van der Waals surface area contributed by atoms with Crippen LogP contribution in [-0.2, 0) is 4.74 Å². The number of esters is 1. The van der Waals surface area contributed by atoms with Gasteiger partial charge in [-0.15, -0.1) is 0 Å². The van der Waals surface area contributed by atoms with Crippen LogP contribution >= 0.6 is 0 Å². The van der Waals surface area contributed by atoms with E-state index >= 15 is 0 Å². The fourth-order valence-corrected chi connectivity index (χ4v) is 1.83. The first kappa shape index (κ1) is 12.8. The van der Waals surface area contributed by atoms with Gasteiger partial charge in [0.2, 0.25) is 0 Å². The van der Waals surface area contributed by atoms with Crippen molar-refractivity contribution in [3.8, 4) is 11.1 Å². The molecule has 2 aromatic rings. The van der Waals surface area contributed by atoms with Crippen molar-refractivity contribution in [2.45, 2.75) is 6.92 Å². The second-order valence-corrected chi connectivity index (χ2v) is 3.78. The average Bonchev–Trinajstić information content (AvgIpc) is 2.88. The first-order valence-corrected chi connectivity index (χ1v) is 5.72. The van der Waals surface area contributed by atoms with Crippen LogP contribution in [0.5, 0.6) is 0 Å². The van der Waals surface area contributed by atoms with E-state index in [2.05, 4.69) is 4.98 Å². The Balaban J connectivity index is 2.52. The molecule has 0 fully saturated rings. The van der Waals surface area contributed by atoms with E-state index in [1.54, 1.807) is 31.3 Å². The molecule has 6 heteroatoms. The normalized spacial score (nSPS) is 10.2. The number of nitro benzene ring substituents is 1. The Kier molecular flexibility index (Phi) is 3.61. The Morgan fingerprint density at radius 2 is 2.05 bits per heavy atom. The summed E-state index contributed by atoms with van der Waals surface area (Å²) in [7, 11) is 0. The molecule has 0 aliphatic carbocycles. The maximum Gasteiger partial charge on any atom is 0.340 e. The van der Waals surface area contributed by atoms with E-state index < -0.39 is 10.9 Å². The number of hydrogen-bond acceptors (Lipinski definition) is 4. The molecule has 1 heterocycles. The number of para-hydroxylation sites is 1. The molecule has 2 rings (SSSR count). The number of hydrogen-bond donors (Lipinski definition) is 1. The van der Waals surface area contributed by atoms with Gasteiger partial charge < -0.3 is 9.72 Å². The lowest BCUT2D eigenvalue weighted by atomic mass is 10.0. The molecule has 1 aromatic heterocycles. The van der Waals surface area contributed by atoms with Crippen LogP contribution in [-0.4, -0.2) is 22.5 Å². The summed E-state index contributed by atoms with van der Waals surface area (Å²) < 4.78 is 4.92. The quantitative estimate of drug-likeness (QED) is 0.520. The Labute approximate surface area is 109 Å².